The molecule has 0 amide bonds. The molecule has 2 nitrogen and oxygen atoms in total. The fourth-order valence-electron chi connectivity index (χ4n) is 2.47. The van der Waals surface area contributed by atoms with Gasteiger partial charge in [0, 0.05) is 17.9 Å². The lowest BCUT2D eigenvalue weighted by molar-refractivity contribution is 0.317. The Hall–Kier alpha value is -0.890. The summed E-state index contributed by atoms with van der Waals surface area (Å²) < 4.78 is 0. The summed E-state index contributed by atoms with van der Waals surface area (Å²) >= 11 is 0. The minimum absolute atomic E-state index is 0.604. The van der Waals surface area contributed by atoms with Crippen molar-refractivity contribution < 1.29 is 0 Å². The van der Waals surface area contributed by atoms with Gasteiger partial charge in [-0.05, 0) is 50.9 Å². The Bertz CT molecular complexity index is 318. The Morgan fingerprint density at radius 2 is 2.31 bits per heavy atom. The Morgan fingerprint density at radius 1 is 1.44 bits per heavy atom. The normalized spacial score (nSPS) is 21.5. The molecular formula is C14H22N2. The number of hydrogen-bond donors (Lipinski definition) is 0. The monoisotopic (exact) mass is 218 g/mol. The highest BCUT2D eigenvalue weighted by Gasteiger charge is 2.22. The number of hydrogen-bond acceptors (Lipinski definition) is 2. The Morgan fingerprint density at radius 3 is 2.88 bits per heavy atom. The van der Waals surface area contributed by atoms with Crippen LogP contribution in [0.5, 0.6) is 0 Å². The van der Waals surface area contributed by atoms with Gasteiger partial charge in [0.15, 0.2) is 0 Å². The van der Waals surface area contributed by atoms with Crippen LogP contribution < -0.4 is 0 Å². The third-order valence-corrected chi connectivity index (χ3v) is 3.54. The lowest BCUT2D eigenvalue weighted by Gasteiger charge is -2.19. The zero-order chi connectivity index (χ0) is 11.4. The first-order valence-electron chi connectivity index (χ1n) is 6.46. The average molecular weight is 218 g/mol. The zero-order valence-corrected chi connectivity index (χ0v) is 10.4. The van der Waals surface area contributed by atoms with E-state index in [0.717, 1.165) is 6.42 Å². The van der Waals surface area contributed by atoms with E-state index in [1.165, 1.54) is 43.5 Å². The quantitative estimate of drug-likeness (QED) is 0.771. The highest BCUT2D eigenvalue weighted by Crippen LogP contribution is 2.29. The van der Waals surface area contributed by atoms with Crippen LogP contribution in [0.2, 0.25) is 0 Å². The maximum Gasteiger partial charge on any atom is 0.0403 e. The van der Waals surface area contributed by atoms with E-state index in [0.29, 0.717) is 6.04 Å². The Labute approximate surface area is 98.7 Å². The van der Waals surface area contributed by atoms with Gasteiger partial charge in [-0.3, -0.25) is 9.88 Å². The first-order chi connectivity index (χ1) is 7.81. The van der Waals surface area contributed by atoms with E-state index < -0.39 is 0 Å². The van der Waals surface area contributed by atoms with Gasteiger partial charge in [-0.1, -0.05) is 19.4 Å². The predicted octanol–water partition coefficient (Wildman–Crippen LogP) is 3.19. The molecule has 88 valence electrons. The van der Waals surface area contributed by atoms with Gasteiger partial charge in [-0.15, -0.1) is 0 Å². The molecule has 0 N–H and O–H groups in total. The first kappa shape index (κ1) is 11.6. The molecule has 1 fully saturated rings. The average Bonchev–Trinajstić information content (AvgIpc) is 2.74. The SMILES string of the molecule is CCCCc1ccc([C@@H]2CCCN2C)cn1. The summed E-state index contributed by atoms with van der Waals surface area (Å²) in [6.45, 7) is 3.45. The van der Waals surface area contributed by atoms with Crippen LogP contribution in [0.4, 0.5) is 0 Å². The Kier molecular flexibility index (Phi) is 3.94. The predicted molar refractivity (Wildman–Crippen MR) is 67.5 cm³/mol. The molecule has 2 heterocycles. The van der Waals surface area contributed by atoms with Crippen LogP contribution in [0.25, 0.3) is 0 Å². The van der Waals surface area contributed by atoms with E-state index in [2.05, 4.69) is 42.2 Å². The van der Waals surface area contributed by atoms with Crippen LogP contribution in [0.15, 0.2) is 18.3 Å². The van der Waals surface area contributed by atoms with Gasteiger partial charge in [0.1, 0.15) is 0 Å². The number of aromatic nitrogens is 1. The van der Waals surface area contributed by atoms with Gasteiger partial charge in [0.05, 0.1) is 0 Å². The molecule has 1 aromatic rings. The lowest BCUT2D eigenvalue weighted by Crippen LogP contribution is -2.17. The summed E-state index contributed by atoms with van der Waals surface area (Å²) in [4.78, 5) is 7.00. The number of aryl methyl sites for hydroxylation is 1. The highest BCUT2D eigenvalue weighted by molar-refractivity contribution is 5.19. The number of likely N-dealkylation sites (tertiary alicyclic amines) is 1. The molecule has 1 atom stereocenters. The first-order valence-corrected chi connectivity index (χ1v) is 6.46. The third kappa shape index (κ3) is 2.62. The van der Waals surface area contributed by atoms with E-state index >= 15 is 0 Å². The maximum absolute atomic E-state index is 4.57. The van der Waals surface area contributed by atoms with Crippen molar-refractivity contribution in [1.82, 2.24) is 9.88 Å². The number of rotatable bonds is 4. The van der Waals surface area contributed by atoms with Gasteiger partial charge in [0.2, 0.25) is 0 Å². The van der Waals surface area contributed by atoms with E-state index in [-0.39, 0.29) is 0 Å². The lowest BCUT2D eigenvalue weighted by atomic mass is 10.1. The molecule has 1 aliphatic rings. The summed E-state index contributed by atoms with van der Waals surface area (Å²) in [5, 5.41) is 0. The van der Waals surface area contributed by atoms with Crippen LogP contribution in [-0.2, 0) is 6.42 Å². The van der Waals surface area contributed by atoms with Crippen LogP contribution in [-0.4, -0.2) is 23.5 Å². The summed E-state index contributed by atoms with van der Waals surface area (Å²) in [6, 6.07) is 5.08. The van der Waals surface area contributed by atoms with Crippen LogP contribution in [0.3, 0.4) is 0 Å². The molecule has 2 rings (SSSR count). The number of pyridine rings is 1. The molecule has 16 heavy (non-hydrogen) atoms. The second kappa shape index (κ2) is 5.44. The minimum Gasteiger partial charge on any atom is -0.299 e. The minimum atomic E-state index is 0.604. The molecular weight excluding hydrogens is 196 g/mol. The third-order valence-electron chi connectivity index (χ3n) is 3.54. The maximum atomic E-state index is 4.57. The molecule has 0 spiro atoms. The molecule has 1 aromatic heterocycles. The standard InChI is InChI=1S/C14H22N2/c1-3-4-6-13-9-8-12(11-15-13)14-7-5-10-16(14)2/h8-9,11,14H,3-7,10H2,1-2H3/t14-/m0/s1. The van der Waals surface area contributed by atoms with Crippen molar-refractivity contribution in [2.45, 2.75) is 45.1 Å². The van der Waals surface area contributed by atoms with E-state index in [1.807, 2.05) is 0 Å². The topological polar surface area (TPSA) is 16.1 Å². The second-order valence-corrected chi connectivity index (χ2v) is 4.83. The van der Waals surface area contributed by atoms with Gasteiger partial charge >= 0.3 is 0 Å². The summed E-state index contributed by atoms with van der Waals surface area (Å²) in [5.41, 5.74) is 2.63. The fourth-order valence-corrected chi connectivity index (χ4v) is 2.47. The molecule has 0 unspecified atom stereocenters. The highest BCUT2D eigenvalue weighted by atomic mass is 15.1. The molecule has 0 aliphatic carbocycles. The van der Waals surface area contributed by atoms with Crippen molar-refractivity contribution >= 4 is 0 Å². The fraction of sp³-hybridized carbons (Fsp3) is 0.643. The summed E-state index contributed by atoms with van der Waals surface area (Å²) in [6.07, 6.45) is 8.30. The van der Waals surface area contributed by atoms with Crippen LogP contribution in [0, 0.1) is 0 Å². The van der Waals surface area contributed by atoms with Crippen LogP contribution >= 0.6 is 0 Å². The van der Waals surface area contributed by atoms with Crippen molar-refractivity contribution in [1.29, 1.82) is 0 Å². The number of unbranched alkanes of at least 4 members (excludes halogenated alkanes) is 1. The largest absolute Gasteiger partial charge is 0.299 e. The van der Waals surface area contributed by atoms with Crippen LogP contribution in [0.1, 0.15) is 49.9 Å². The van der Waals surface area contributed by atoms with Gasteiger partial charge in [-0.25, -0.2) is 0 Å². The van der Waals surface area contributed by atoms with E-state index in [1.54, 1.807) is 0 Å². The van der Waals surface area contributed by atoms with Crippen molar-refractivity contribution in [3.8, 4) is 0 Å². The van der Waals surface area contributed by atoms with Gasteiger partial charge < -0.3 is 0 Å². The second-order valence-electron chi connectivity index (χ2n) is 4.83. The Balaban J connectivity index is 2.01. The molecule has 1 saturated heterocycles. The summed E-state index contributed by atoms with van der Waals surface area (Å²) in [7, 11) is 2.21. The smallest absolute Gasteiger partial charge is 0.0403 e. The van der Waals surface area contributed by atoms with Crippen molar-refractivity contribution in [3.63, 3.8) is 0 Å². The molecule has 2 heteroatoms. The van der Waals surface area contributed by atoms with Gasteiger partial charge in [0.25, 0.3) is 0 Å². The van der Waals surface area contributed by atoms with Crippen molar-refractivity contribution in [2.75, 3.05) is 13.6 Å². The van der Waals surface area contributed by atoms with E-state index in [4.69, 9.17) is 0 Å². The van der Waals surface area contributed by atoms with Crippen molar-refractivity contribution in [2.24, 2.45) is 0 Å². The molecule has 0 bridgehead atoms. The molecule has 0 radical (unpaired) electrons. The number of nitrogens with zero attached hydrogens (tertiary/aromatic N) is 2. The molecule has 0 saturated carbocycles. The van der Waals surface area contributed by atoms with Gasteiger partial charge in [-0.2, -0.15) is 0 Å². The van der Waals surface area contributed by atoms with Crippen molar-refractivity contribution in [3.05, 3.63) is 29.6 Å². The van der Waals surface area contributed by atoms with E-state index in [9.17, 15) is 0 Å². The molecule has 1 aliphatic heterocycles. The zero-order valence-electron chi connectivity index (χ0n) is 10.4. The summed E-state index contributed by atoms with van der Waals surface area (Å²) in [5.74, 6) is 0. The molecule has 0 aromatic carbocycles.